The van der Waals surface area contributed by atoms with Gasteiger partial charge in [-0.25, -0.2) is 14.5 Å². The summed E-state index contributed by atoms with van der Waals surface area (Å²) in [6.45, 7) is 1.89. The van der Waals surface area contributed by atoms with E-state index in [0.717, 1.165) is 17.7 Å². The van der Waals surface area contributed by atoms with Crippen molar-refractivity contribution in [3.63, 3.8) is 0 Å². The molecule has 0 radical (unpaired) electrons. The Balaban J connectivity index is 1.47. The summed E-state index contributed by atoms with van der Waals surface area (Å²) in [5.41, 5.74) is 0.580. The Morgan fingerprint density at radius 1 is 1.03 bits per heavy atom. The second kappa shape index (κ2) is 8.99. The van der Waals surface area contributed by atoms with E-state index in [-0.39, 0.29) is 28.6 Å². The third-order valence-electron chi connectivity index (χ3n) is 5.11. The molecule has 0 bridgehead atoms. The van der Waals surface area contributed by atoms with Gasteiger partial charge in [-0.2, -0.15) is 18.2 Å². The van der Waals surface area contributed by atoms with E-state index >= 15 is 0 Å². The van der Waals surface area contributed by atoms with Crippen molar-refractivity contribution >= 4 is 22.7 Å². The normalized spacial score (nSPS) is 11.8. The Morgan fingerprint density at radius 3 is 2.63 bits per heavy atom. The smallest absolute Gasteiger partial charge is 0.338 e. The fourth-order valence-corrected chi connectivity index (χ4v) is 4.23. The lowest BCUT2D eigenvalue weighted by Gasteiger charge is -2.12. The summed E-state index contributed by atoms with van der Waals surface area (Å²) < 4.78 is 45.8. The molecule has 0 aliphatic heterocycles. The van der Waals surface area contributed by atoms with E-state index in [1.54, 1.807) is 36.5 Å². The minimum Gasteiger partial charge on any atom is -0.338 e. The van der Waals surface area contributed by atoms with E-state index in [2.05, 4.69) is 20.1 Å². The number of rotatable bonds is 5. The molecule has 0 spiro atoms. The highest BCUT2D eigenvalue weighted by Crippen LogP contribution is 2.32. The van der Waals surface area contributed by atoms with Crippen molar-refractivity contribution in [2.45, 2.75) is 24.0 Å². The SMILES string of the molecule is Cc1ccc(-n2c(SCc3nc(-c4cccc(C(F)(F)F)c4)no3)nc3ccccc3c2=O)nc1. The molecule has 0 saturated heterocycles. The molecule has 3 aromatic heterocycles. The van der Waals surface area contributed by atoms with Crippen molar-refractivity contribution in [3.05, 3.63) is 94.2 Å². The number of pyridine rings is 1. The Morgan fingerprint density at radius 2 is 1.86 bits per heavy atom. The largest absolute Gasteiger partial charge is 0.416 e. The van der Waals surface area contributed by atoms with Crippen LogP contribution >= 0.6 is 11.8 Å². The lowest BCUT2D eigenvalue weighted by atomic mass is 10.1. The molecule has 0 atom stereocenters. The second-order valence-corrected chi connectivity index (χ2v) is 8.57. The molecule has 176 valence electrons. The molecule has 2 aromatic carbocycles. The van der Waals surface area contributed by atoms with Crippen molar-refractivity contribution in [2.24, 2.45) is 0 Å². The fourth-order valence-electron chi connectivity index (χ4n) is 3.40. The number of hydrogen-bond acceptors (Lipinski definition) is 7. The lowest BCUT2D eigenvalue weighted by molar-refractivity contribution is -0.137. The summed E-state index contributed by atoms with van der Waals surface area (Å²) in [7, 11) is 0. The maximum absolute atomic E-state index is 13.3. The first-order valence-corrected chi connectivity index (χ1v) is 11.4. The number of halogens is 3. The van der Waals surface area contributed by atoms with Crippen LogP contribution in [0.5, 0.6) is 0 Å². The topological polar surface area (TPSA) is 86.7 Å². The third kappa shape index (κ3) is 4.67. The van der Waals surface area contributed by atoms with Gasteiger partial charge in [0.1, 0.15) is 5.82 Å². The monoisotopic (exact) mass is 495 g/mol. The van der Waals surface area contributed by atoms with Gasteiger partial charge in [-0.15, -0.1) is 0 Å². The van der Waals surface area contributed by atoms with Gasteiger partial charge in [0.25, 0.3) is 5.56 Å². The lowest BCUT2D eigenvalue weighted by Crippen LogP contribution is -2.22. The van der Waals surface area contributed by atoms with Gasteiger partial charge >= 0.3 is 6.18 Å². The van der Waals surface area contributed by atoms with E-state index in [1.165, 1.54) is 28.5 Å². The number of hydrogen-bond donors (Lipinski definition) is 0. The molecule has 0 unspecified atom stereocenters. The molecule has 11 heteroatoms. The van der Waals surface area contributed by atoms with Gasteiger partial charge in [-0.05, 0) is 42.8 Å². The molecule has 35 heavy (non-hydrogen) atoms. The van der Waals surface area contributed by atoms with E-state index in [4.69, 9.17) is 4.52 Å². The quantitative estimate of drug-likeness (QED) is 0.237. The van der Waals surface area contributed by atoms with Gasteiger partial charge < -0.3 is 4.52 Å². The molecule has 0 fully saturated rings. The van der Waals surface area contributed by atoms with Crippen LogP contribution in [0.15, 0.2) is 81.3 Å². The number of alkyl halides is 3. The minimum absolute atomic E-state index is 0.0377. The summed E-state index contributed by atoms with van der Waals surface area (Å²) in [4.78, 5) is 26.5. The Hall–Kier alpha value is -3.99. The van der Waals surface area contributed by atoms with E-state index < -0.39 is 11.7 Å². The van der Waals surface area contributed by atoms with Gasteiger partial charge in [-0.1, -0.05) is 47.3 Å². The highest BCUT2D eigenvalue weighted by Gasteiger charge is 2.30. The molecule has 3 heterocycles. The summed E-state index contributed by atoms with van der Waals surface area (Å²) in [6, 6.07) is 15.3. The van der Waals surface area contributed by atoms with Crippen LogP contribution in [0, 0.1) is 6.92 Å². The summed E-state index contributed by atoms with van der Waals surface area (Å²) in [6.07, 6.45) is -2.82. The zero-order valence-corrected chi connectivity index (χ0v) is 19.0. The Kier molecular flexibility index (Phi) is 5.85. The summed E-state index contributed by atoms with van der Waals surface area (Å²) in [5, 5.41) is 4.62. The van der Waals surface area contributed by atoms with Crippen molar-refractivity contribution in [2.75, 3.05) is 0 Å². The average molecular weight is 495 g/mol. The zero-order valence-electron chi connectivity index (χ0n) is 18.2. The number of aromatic nitrogens is 5. The molecule has 5 rings (SSSR count). The first-order valence-electron chi connectivity index (χ1n) is 10.4. The molecule has 0 amide bonds. The number of nitrogens with zero attached hydrogens (tertiary/aromatic N) is 5. The van der Waals surface area contributed by atoms with Gasteiger partial charge in [0.05, 0.1) is 22.2 Å². The summed E-state index contributed by atoms with van der Waals surface area (Å²) >= 11 is 1.18. The summed E-state index contributed by atoms with van der Waals surface area (Å²) in [5.74, 6) is 0.767. The van der Waals surface area contributed by atoms with Crippen LogP contribution in [-0.4, -0.2) is 24.7 Å². The van der Waals surface area contributed by atoms with Crippen LogP contribution in [0.3, 0.4) is 0 Å². The predicted molar refractivity (Wildman–Crippen MR) is 124 cm³/mol. The van der Waals surface area contributed by atoms with Crippen LogP contribution < -0.4 is 5.56 Å². The van der Waals surface area contributed by atoms with Crippen LogP contribution in [0.1, 0.15) is 17.0 Å². The number of thioether (sulfide) groups is 1. The van der Waals surface area contributed by atoms with Crippen molar-refractivity contribution in [1.82, 2.24) is 24.7 Å². The minimum atomic E-state index is -4.48. The molecular formula is C24H16F3N5O2S. The van der Waals surface area contributed by atoms with Crippen LogP contribution in [0.2, 0.25) is 0 Å². The van der Waals surface area contributed by atoms with Crippen LogP contribution in [-0.2, 0) is 11.9 Å². The first kappa shape index (κ1) is 22.8. The fraction of sp³-hybridized carbons (Fsp3) is 0.125. The predicted octanol–water partition coefficient (Wildman–Crippen LogP) is 5.45. The zero-order chi connectivity index (χ0) is 24.6. The van der Waals surface area contributed by atoms with Gasteiger partial charge in [0.2, 0.25) is 11.7 Å². The molecule has 0 saturated carbocycles. The first-order chi connectivity index (χ1) is 16.8. The average Bonchev–Trinajstić information content (AvgIpc) is 3.32. The third-order valence-corrected chi connectivity index (χ3v) is 6.03. The van der Waals surface area contributed by atoms with Gasteiger partial charge in [0, 0.05) is 11.8 Å². The number of para-hydroxylation sites is 1. The molecule has 5 aromatic rings. The van der Waals surface area contributed by atoms with E-state index in [1.807, 2.05) is 13.0 Å². The van der Waals surface area contributed by atoms with E-state index in [0.29, 0.717) is 21.9 Å². The van der Waals surface area contributed by atoms with Crippen LogP contribution in [0.4, 0.5) is 13.2 Å². The highest BCUT2D eigenvalue weighted by molar-refractivity contribution is 7.98. The molecule has 0 N–H and O–H groups in total. The number of fused-ring (bicyclic) bond motifs is 1. The Labute approximate surface area is 200 Å². The van der Waals surface area contributed by atoms with Crippen molar-refractivity contribution < 1.29 is 17.7 Å². The standard InChI is InChI=1S/C24H16F3N5O2S/c1-14-9-10-19(28-12-14)32-22(33)17-7-2-3-8-18(17)29-23(32)35-13-20-30-21(31-34-20)15-5-4-6-16(11-15)24(25,26)27/h2-12H,13H2,1H3. The second-order valence-electron chi connectivity index (χ2n) is 7.62. The Bertz CT molecular complexity index is 1580. The number of benzene rings is 2. The van der Waals surface area contributed by atoms with Crippen molar-refractivity contribution in [1.29, 1.82) is 0 Å². The van der Waals surface area contributed by atoms with E-state index in [9.17, 15) is 18.0 Å². The molecule has 7 nitrogen and oxygen atoms in total. The maximum atomic E-state index is 13.3. The van der Waals surface area contributed by atoms with Crippen molar-refractivity contribution in [3.8, 4) is 17.2 Å². The molecule has 0 aliphatic rings. The molecule has 0 aliphatic carbocycles. The van der Waals surface area contributed by atoms with Crippen LogP contribution in [0.25, 0.3) is 28.1 Å². The van der Waals surface area contributed by atoms with Gasteiger partial charge in [0.15, 0.2) is 5.16 Å². The number of aryl methyl sites for hydroxylation is 1. The maximum Gasteiger partial charge on any atom is 0.416 e. The highest BCUT2D eigenvalue weighted by atomic mass is 32.2. The van der Waals surface area contributed by atoms with Gasteiger partial charge in [-0.3, -0.25) is 4.79 Å². The molecular weight excluding hydrogens is 479 g/mol.